The first-order valence-electron chi connectivity index (χ1n) is 7.03. The molecule has 0 saturated heterocycles. The van der Waals surface area contributed by atoms with Crippen molar-refractivity contribution in [2.45, 2.75) is 26.3 Å². The Hall–Kier alpha value is -1.64. The summed E-state index contributed by atoms with van der Waals surface area (Å²) in [4.78, 5) is 14.6. The molecule has 7 heteroatoms. The fraction of sp³-hybridized carbons (Fsp3) is 0.400. The number of benzene rings is 1. The van der Waals surface area contributed by atoms with Crippen LogP contribution >= 0.6 is 24.0 Å². The van der Waals surface area contributed by atoms with Gasteiger partial charge in [-0.3, -0.25) is 10.1 Å². The summed E-state index contributed by atoms with van der Waals surface area (Å²) in [7, 11) is 0. The fourth-order valence-electron chi connectivity index (χ4n) is 1.62. The standard InChI is InChI=1S/C15H22N4O2.HI/c1-3-5-11-17-15(16-10-4-2)18-12-13-6-8-14(9-7-13)19(20)21;/h4,6-9H,2-3,5,10-12H2,1H3,(H2,16,17,18);1H. The predicted octanol–water partition coefficient (Wildman–Crippen LogP) is 3.23. The van der Waals surface area contributed by atoms with E-state index in [1.165, 1.54) is 12.1 Å². The van der Waals surface area contributed by atoms with Gasteiger partial charge in [-0.25, -0.2) is 4.99 Å². The topological polar surface area (TPSA) is 79.6 Å². The van der Waals surface area contributed by atoms with Crippen molar-refractivity contribution in [3.63, 3.8) is 0 Å². The smallest absolute Gasteiger partial charge is 0.269 e. The first-order valence-corrected chi connectivity index (χ1v) is 7.03. The normalized spacial score (nSPS) is 10.5. The largest absolute Gasteiger partial charge is 0.356 e. The van der Waals surface area contributed by atoms with Gasteiger partial charge in [0.25, 0.3) is 5.69 Å². The van der Waals surface area contributed by atoms with Gasteiger partial charge in [0.2, 0.25) is 0 Å². The Morgan fingerprint density at radius 3 is 2.59 bits per heavy atom. The van der Waals surface area contributed by atoms with E-state index in [-0.39, 0.29) is 29.7 Å². The molecular weight excluding hydrogens is 395 g/mol. The second-order valence-electron chi connectivity index (χ2n) is 4.54. The van der Waals surface area contributed by atoms with Crippen LogP contribution in [0.2, 0.25) is 0 Å². The number of unbranched alkanes of at least 4 members (excludes halogenated alkanes) is 1. The summed E-state index contributed by atoms with van der Waals surface area (Å²) in [6, 6.07) is 6.43. The molecule has 0 radical (unpaired) electrons. The van der Waals surface area contributed by atoms with Crippen LogP contribution < -0.4 is 10.6 Å². The number of aliphatic imine (C=N–C) groups is 1. The summed E-state index contributed by atoms with van der Waals surface area (Å²) in [6.45, 7) is 7.76. The molecule has 6 nitrogen and oxygen atoms in total. The summed E-state index contributed by atoms with van der Waals surface area (Å²) in [5.74, 6) is 0.724. The molecule has 0 aliphatic heterocycles. The predicted molar refractivity (Wildman–Crippen MR) is 101 cm³/mol. The molecule has 1 aromatic rings. The highest BCUT2D eigenvalue weighted by molar-refractivity contribution is 14.0. The monoisotopic (exact) mass is 418 g/mol. The highest BCUT2D eigenvalue weighted by Gasteiger charge is 2.03. The third-order valence-corrected chi connectivity index (χ3v) is 2.80. The van der Waals surface area contributed by atoms with Gasteiger partial charge in [-0.2, -0.15) is 0 Å². The number of guanidine groups is 1. The molecule has 0 amide bonds. The van der Waals surface area contributed by atoms with Crippen LogP contribution in [-0.4, -0.2) is 24.0 Å². The van der Waals surface area contributed by atoms with E-state index in [0.29, 0.717) is 13.1 Å². The molecule has 122 valence electrons. The molecule has 2 N–H and O–H groups in total. The van der Waals surface area contributed by atoms with Gasteiger partial charge in [0.15, 0.2) is 5.96 Å². The average molecular weight is 418 g/mol. The first kappa shape index (κ1) is 20.4. The molecule has 22 heavy (non-hydrogen) atoms. The van der Waals surface area contributed by atoms with Crippen LogP contribution in [0, 0.1) is 10.1 Å². The van der Waals surface area contributed by atoms with Crippen molar-refractivity contribution in [2.75, 3.05) is 13.1 Å². The lowest BCUT2D eigenvalue weighted by Gasteiger charge is -2.10. The number of hydrogen-bond donors (Lipinski definition) is 2. The molecular formula is C15H23IN4O2. The molecule has 0 aliphatic rings. The quantitative estimate of drug-likeness (QED) is 0.129. The van der Waals surface area contributed by atoms with Gasteiger partial charge >= 0.3 is 0 Å². The number of nitro benzene ring substituents is 1. The minimum Gasteiger partial charge on any atom is -0.356 e. The molecule has 0 spiro atoms. The van der Waals surface area contributed by atoms with E-state index in [0.717, 1.165) is 30.9 Å². The third kappa shape index (κ3) is 7.96. The highest BCUT2D eigenvalue weighted by Crippen LogP contribution is 2.12. The number of non-ortho nitro benzene ring substituents is 1. The van der Waals surface area contributed by atoms with Crippen LogP contribution in [0.5, 0.6) is 0 Å². The van der Waals surface area contributed by atoms with Crippen molar-refractivity contribution < 1.29 is 4.92 Å². The summed E-state index contributed by atoms with van der Waals surface area (Å²) >= 11 is 0. The number of rotatable bonds is 8. The maximum atomic E-state index is 10.6. The number of nitrogens with zero attached hydrogens (tertiary/aromatic N) is 2. The zero-order valence-electron chi connectivity index (χ0n) is 12.7. The summed E-state index contributed by atoms with van der Waals surface area (Å²) in [5.41, 5.74) is 1.02. The van der Waals surface area contributed by atoms with Gasteiger partial charge in [0.05, 0.1) is 11.5 Å². The van der Waals surface area contributed by atoms with E-state index in [2.05, 4.69) is 29.1 Å². The molecule has 0 aromatic heterocycles. The Labute approximate surface area is 148 Å². The average Bonchev–Trinajstić information content (AvgIpc) is 2.50. The van der Waals surface area contributed by atoms with Crippen molar-refractivity contribution >= 4 is 35.6 Å². The molecule has 0 aliphatic carbocycles. The molecule has 0 heterocycles. The van der Waals surface area contributed by atoms with E-state index in [9.17, 15) is 10.1 Å². The van der Waals surface area contributed by atoms with E-state index in [1.807, 2.05) is 0 Å². The minimum absolute atomic E-state index is 0. The molecule has 0 bridgehead atoms. The van der Waals surface area contributed by atoms with Gasteiger partial charge in [-0.15, -0.1) is 30.6 Å². The first-order chi connectivity index (χ1) is 10.2. The maximum Gasteiger partial charge on any atom is 0.269 e. The fourth-order valence-corrected chi connectivity index (χ4v) is 1.62. The Morgan fingerprint density at radius 2 is 2.05 bits per heavy atom. The van der Waals surface area contributed by atoms with Crippen molar-refractivity contribution in [2.24, 2.45) is 4.99 Å². The zero-order chi connectivity index (χ0) is 15.5. The Morgan fingerprint density at radius 1 is 1.36 bits per heavy atom. The molecule has 1 rings (SSSR count). The van der Waals surface area contributed by atoms with Crippen LogP contribution in [0.25, 0.3) is 0 Å². The lowest BCUT2D eigenvalue weighted by atomic mass is 10.2. The number of nitro groups is 1. The maximum absolute atomic E-state index is 10.6. The van der Waals surface area contributed by atoms with Crippen molar-refractivity contribution in [3.8, 4) is 0 Å². The third-order valence-electron chi connectivity index (χ3n) is 2.80. The molecule has 0 atom stereocenters. The van der Waals surface area contributed by atoms with Gasteiger partial charge in [0.1, 0.15) is 0 Å². The number of halogens is 1. The summed E-state index contributed by atoms with van der Waals surface area (Å²) < 4.78 is 0. The molecule has 0 saturated carbocycles. The summed E-state index contributed by atoms with van der Waals surface area (Å²) in [5, 5.41) is 17.0. The van der Waals surface area contributed by atoms with Gasteiger partial charge < -0.3 is 10.6 Å². The van der Waals surface area contributed by atoms with Crippen molar-refractivity contribution in [1.29, 1.82) is 0 Å². The van der Waals surface area contributed by atoms with Crippen LogP contribution in [0.15, 0.2) is 41.9 Å². The van der Waals surface area contributed by atoms with E-state index < -0.39 is 4.92 Å². The van der Waals surface area contributed by atoms with Crippen LogP contribution in [0.1, 0.15) is 25.3 Å². The molecule has 1 aromatic carbocycles. The van der Waals surface area contributed by atoms with Crippen LogP contribution in [0.4, 0.5) is 5.69 Å². The van der Waals surface area contributed by atoms with E-state index in [4.69, 9.17) is 0 Å². The zero-order valence-corrected chi connectivity index (χ0v) is 15.1. The van der Waals surface area contributed by atoms with Gasteiger partial charge in [-0.1, -0.05) is 31.6 Å². The van der Waals surface area contributed by atoms with Crippen LogP contribution in [-0.2, 0) is 6.54 Å². The van der Waals surface area contributed by atoms with Gasteiger partial charge in [0, 0.05) is 25.2 Å². The highest BCUT2D eigenvalue weighted by atomic mass is 127. The van der Waals surface area contributed by atoms with Crippen molar-refractivity contribution in [3.05, 3.63) is 52.6 Å². The number of hydrogen-bond acceptors (Lipinski definition) is 3. The molecule has 0 fully saturated rings. The lowest BCUT2D eigenvalue weighted by molar-refractivity contribution is -0.384. The van der Waals surface area contributed by atoms with Crippen molar-refractivity contribution in [1.82, 2.24) is 10.6 Å². The Balaban J connectivity index is 0.00000441. The minimum atomic E-state index is -0.406. The van der Waals surface area contributed by atoms with Gasteiger partial charge in [-0.05, 0) is 12.0 Å². The summed E-state index contributed by atoms with van der Waals surface area (Å²) in [6.07, 6.45) is 3.96. The molecule has 0 unspecified atom stereocenters. The van der Waals surface area contributed by atoms with E-state index in [1.54, 1.807) is 18.2 Å². The van der Waals surface area contributed by atoms with Crippen LogP contribution in [0.3, 0.4) is 0 Å². The second-order valence-corrected chi connectivity index (χ2v) is 4.54. The Kier molecular flexibility index (Phi) is 11.1. The SMILES string of the molecule is C=CCNC(=NCc1ccc([N+](=O)[O-])cc1)NCCCC.I. The Bertz CT molecular complexity index is 489. The van der Waals surface area contributed by atoms with E-state index >= 15 is 0 Å². The lowest BCUT2D eigenvalue weighted by Crippen LogP contribution is -2.37. The number of nitrogens with one attached hydrogen (secondary N) is 2. The second kappa shape index (κ2) is 12.0.